The summed E-state index contributed by atoms with van der Waals surface area (Å²) in [7, 11) is 1.66. The highest BCUT2D eigenvalue weighted by Crippen LogP contribution is 2.33. The van der Waals surface area contributed by atoms with Gasteiger partial charge in [0.15, 0.2) is 5.82 Å². The van der Waals surface area contributed by atoms with Crippen molar-refractivity contribution < 1.29 is 4.74 Å². The van der Waals surface area contributed by atoms with Gasteiger partial charge in [-0.1, -0.05) is 0 Å². The average Bonchev–Trinajstić information content (AvgIpc) is 3.06. The molecule has 2 aliphatic heterocycles. The Bertz CT molecular complexity index is 700. The van der Waals surface area contributed by atoms with Gasteiger partial charge in [0.05, 0.1) is 19.0 Å². The molecule has 0 spiro atoms. The molecule has 0 radical (unpaired) electrons. The van der Waals surface area contributed by atoms with E-state index in [4.69, 9.17) is 4.74 Å². The first kappa shape index (κ1) is 15.0. The SMILES string of the molecule is COc1ccc(N2NNc3cnc(NC4CCCNC4)nc32)cc1. The number of anilines is 4. The van der Waals surface area contributed by atoms with Gasteiger partial charge in [-0.15, -0.1) is 5.53 Å². The van der Waals surface area contributed by atoms with E-state index >= 15 is 0 Å². The standard InChI is InChI=1S/C16H21N7O/c1-24-13-6-4-12(5-7-13)23-15-14(21-22-23)10-18-16(20-15)19-11-3-2-8-17-9-11/h4-7,10-11,17,21-22H,2-3,8-9H2,1H3,(H,18,19,20). The first-order valence-corrected chi connectivity index (χ1v) is 8.13. The summed E-state index contributed by atoms with van der Waals surface area (Å²) in [6.07, 6.45) is 4.09. The van der Waals surface area contributed by atoms with Crippen LogP contribution in [0.2, 0.25) is 0 Å². The van der Waals surface area contributed by atoms with Gasteiger partial charge in [0.2, 0.25) is 5.95 Å². The minimum atomic E-state index is 0.369. The Morgan fingerprint density at radius 2 is 2.17 bits per heavy atom. The summed E-state index contributed by atoms with van der Waals surface area (Å²) in [6, 6.07) is 8.16. The highest BCUT2D eigenvalue weighted by Gasteiger charge is 2.23. The zero-order chi connectivity index (χ0) is 16.4. The lowest BCUT2D eigenvalue weighted by atomic mass is 10.1. The Morgan fingerprint density at radius 1 is 1.29 bits per heavy atom. The maximum Gasteiger partial charge on any atom is 0.225 e. The molecule has 8 nitrogen and oxygen atoms in total. The van der Waals surface area contributed by atoms with E-state index in [-0.39, 0.29) is 0 Å². The summed E-state index contributed by atoms with van der Waals surface area (Å²) in [5.74, 6) is 2.26. The van der Waals surface area contributed by atoms with Gasteiger partial charge >= 0.3 is 0 Å². The molecule has 8 heteroatoms. The van der Waals surface area contributed by atoms with Gasteiger partial charge in [-0.25, -0.2) is 9.99 Å². The van der Waals surface area contributed by atoms with Crippen LogP contribution in [0, 0.1) is 0 Å². The Balaban J connectivity index is 1.55. The van der Waals surface area contributed by atoms with E-state index in [0.29, 0.717) is 12.0 Å². The monoisotopic (exact) mass is 327 g/mol. The van der Waals surface area contributed by atoms with Crippen molar-refractivity contribution in [2.45, 2.75) is 18.9 Å². The van der Waals surface area contributed by atoms with Crippen molar-refractivity contribution in [2.24, 2.45) is 0 Å². The number of hydrazine groups is 2. The van der Waals surface area contributed by atoms with Gasteiger partial charge in [-0.2, -0.15) is 4.98 Å². The fraction of sp³-hybridized carbons (Fsp3) is 0.375. The number of benzene rings is 1. The van der Waals surface area contributed by atoms with Crippen LogP contribution in [0.4, 0.5) is 23.1 Å². The fourth-order valence-corrected chi connectivity index (χ4v) is 2.95. The van der Waals surface area contributed by atoms with E-state index in [2.05, 4.69) is 31.6 Å². The molecule has 1 aromatic heterocycles. The molecule has 4 N–H and O–H groups in total. The van der Waals surface area contributed by atoms with Crippen LogP contribution in [0.5, 0.6) is 5.75 Å². The number of methoxy groups -OCH3 is 1. The summed E-state index contributed by atoms with van der Waals surface area (Å²) in [6.45, 7) is 2.03. The molecular weight excluding hydrogens is 306 g/mol. The zero-order valence-electron chi connectivity index (χ0n) is 13.5. The van der Waals surface area contributed by atoms with Crippen molar-refractivity contribution in [1.29, 1.82) is 0 Å². The molecule has 0 amide bonds. The lowest BCUT2D eigenvalue weighted by Crippen LogP contribution is -2.38. The summed E-state index contributed by atoms with van der Waals surface area (Å²) in [5.41, 5.74) is 8.00. The molecule has 1 aromatic carbocycles. The fourth-order valence-electron chi connectivity index (χ4n) is 2.95. The molecule has 1 saturated heterocycles. The van der Waals surface area contributed by atoms with E-state index in [1.807, 2.05) is 29.3 Å². The first-order valence-electron chi connectivity index (χ1n) is 8.13. The van der Waals surface area contributed by atoms with Crippen LogP contribution in [0.1, 0.15) is 12.8 Å². The van der Waals surface area contributed by atoms with Crippen molar-refractivity contribution in [3.8, 4) is 5.75 Å². The summed E-state index contributed by atoms with van der Waals surface area (Å²) in [4.78, 5) is 9.07. The molecule has 0 aliphatic carbocycles. The van der Waals surface area contributed by atoms with Crippen LogP contribution in [0.15, 0.2) is 30.5 Å². The van der Waals surface area contributed by atoms with Gasteiger partial charge in [0, 0.05) is 12.6 Å². The van der Waals surface area contributed by atoms with E-state index in [1.165, 1.54) is 6.42 Å². The number of aromatic nitrogens is 2. The smallest absolute Gasteiger partial charge is 0.225 e. The normalized spacial score (nSPS) is 19.5. The molecule has 1 fully saturated rings. The number of fused-ring (bicyclic) bond motifs is 1. The number of hydrogen-bond acceptors (Lipinski definition) is 8. The van der Waals surface area contributed by atoms with Gasteiger partial charge < -0.3 is 15.4 Å². The Morgan fingerprint density at radius 3 is 2.92 bits per heavy atom. The third-order valence-electron chi connectivity index (χ3n) is 4.24. The van der Waals surface area contributed by atoms with Crippen LogP contribution < -0.4 is 31.3 Å². The first-order chi connectivity index (χ1) is 11.8. The van der Waals surface area contributed by atoms with Crippen LogP contribution >= 0.6 is 0 Å². The lowest BCUT2D eigenvalue weighted by molar-refractivity contribution is 0.415. The maximum absolute atomic E-state index is 5.21. The van der Waals surface area contributed by atoms with Crippen LogP contribution in [0.3, 0.4) is 0 Å². The Hall–Kier alpha value is -2.58. The van der Waals surface area contributed by atoms with Gasteiger partial charge in [-0.3, -0.25) is 5.43 Å². The molecular formula is C16H21N7O. The minimum absolute atomic E-state index is 0.369. The Labute approximate surface area is 140 Å². The average molecular weight is 327 g/mol. The third kappa shape index (κ3) is 2.93. The second kappa shape index (κ2) is 6.50. The maximum atomic E-state index is 5.21. The van der Waals surface area contributed by atoms with Crippen LogP contribution in [-0.4, -0.2) is 36.2 Å². The number of ether oxygens (including phenoxy) is 1. The summed E-state index contributed by atoms with van der Waals surface area (Å²) in [5, 5.41) is 8.69. The molecule has 2 aliphatic rings. The molecule has 3 heterocycles. The van der Waals surface area contributed by atoms with Crippen molar-refractivity contribution in [3.05, 3.63) is 30.5 Å². The van der Waals surface area contributed by atoms with Crippen molar-refractivity contribution in [3.63, 3.8) is 0 Å². The Kier molecular flexibility index (Phi) is 4.06. The number of rotatable bonds is 4. The van der Waals surface area contributed by atoms with E-state index in [0.717, 1.165) is 42.5 Å². The number of nitrogens with one attached hydrogen (secondary N) is 4. The highest BCUT2D eigenvalue weighted by atomic mass is 16.5. The minimum Gasteiger partial charge on any atom is -0.497 e. The number of nitrogens with zero attached hydrogens (tertiary/aromatic N) is 3. The van der Waals surface area contributed by atoms with Crippen LogP contribution in [0.25, 0.3) is 0 Å². The topological polar surface area (TPSA) is 86.4 Å². The van der Waals surface area contributed by atoms with Crippen molar-refractivity contribution in [1.82, 2.24) is 20.8 Å². The second-order valence-electron chi connectivity index (χ2n) is 5.89. The lowest BCUT2D eigenvalue weighted by Gasteiger charge is -2.24. The zero-order valence-corrected chi connectivity index (χ0v) is 13.5. The van der Waals surface area contributed by atoms with E-state index in [1.54, 1.807) is 13.3 Å². The van der Waals surface area contributed by atoms with E-state index < -0.39 is 0 Å². The van der Waals surface area contributed by atoms with Gasteiger partial charge in [-0.05, 0) is 43.7 Å². The summed E-state index contributed by atoms with van der Waals surface area (Å²) < 4.78 is 5.21. The molecule has 24 heavy (non-hydrogen) atoms. The molecule has 1 atom stereocenters. The van der Waals surface area contributed by atoms with Crippen molar-refractivity contribution in [2.75, 3.05) is 36.0 Å². The van der Waals surface area contributed by atoms with Gasteiger partial charge in [0.25, 0.3) is 0 Å². The quantitative estimate of drug-likeness (QED) is 0.674. The molecule has 1 unspecified atom stereocenters. The molecule has 126 valence electrons. The summed E-state index contributed by atoms with van der Waals surface area (Å²) >= 11 is 0. The third-order valence-corrected chi connectivity index (χ3v) is 4.24. The van der Waals surface area contributed by atoms with Crippen LogP contribution in [-0.2, 0) is 0 Å². The number of hydrogen-bond donors (Lipinski definition) is 4. The highest BCUT2D eigenvalue weighted by molar-refractivity contribution is 5.76. The largest absolute Gasteiger partial charge is 0.497 e. The number of piperidine rings is 1. The van der Waals surface area contributed by atoms with Gasteiger partial charge in [0.1, 0.15) is 11.4 Å². The van der Waals surface area contributed by atoms with E-state index in [9.17, 15) is 0 Å². The second-order valence-corrected chi connectivity index (χ2v) is 5.89. The predicted octanol–water partition coefficient (Wildman–Crippen LogP) is 1.63. The van der Waals surface area contributed by atoms with Crippen molar-refractivity contribution >= 4 is 23.1 Å². The molecule has 2 aromatic rings. The molecule has 0 bridgehead atoms. The molecule has 0 saturated carbocycles. The predicted molar refractivity (Wildman–Crippen MR) is 93.4 cm³/mol. The molecule has 4 rings (SSSR count).